The summed E-state index contributed by atoms with van der Waals surface area (Å²) in [5.74, 6) is -1.18. The standard InChI is InChI=1S/C16H12ClN3O4S/c1-9-15(25-12-5-3-11(17)4-6-12)10(2)19(18-9)16(21)13-7-8-14(24-13)20(22)23/h3-8H,1-2H3. The first kappa shape index (κ1) is 17.2. The maximum Gasteiger partial charge on any atom is 0.433 e. The van der Waals surface area contributed by atoms with Crippen molar-refractivity contribution in [1.82, 2.24) is 9.78 Å². The van der Waals surface area contributed by atoms with Crippen LogP contribution in [0.15, 0.2) is 50.6 Å². The first-order valence-electron chi connectivity index (χ1n) is 7.15. The van der Waals surface area contributed by atoms with Crippen LogP contribution in [0.1, 0.15) is 21.9 Å². The second-order valence-electron chi connectivity index (χ2n) is 5.17. The van der Waals surface area contributed by atoms with Crippen LogP contribution in [0.4, 0.5) is 5.88 Å². The smallest absolute Gasteiger partial charge is 0.395 e. The van der Waals surface area contributed by atoms with Gasteiger partial charge in [0, 0.05) is 9.92 Å². The molecule has 3 aromatic rings. The SMILES string of the molecule is Cc1nn(C(=O)c2ccc([N+](=O)[O-])o2)c(C)c1Sc1ccc(Cl)cc1. The number of carbonyl (C=O) groups is 1. The molecule has 0 amide bonds. The molecule has 3 rings (SSSR count). The number of aromatic nitrogens is 2. The predicted molar refractivity (Wildman–Crippen MR) is 92.4 cm³/mol. The lowest BCUT2D eigenvalue weighted by molar-refractivity contribution is -0.402. The fraction of sp³-hybridized carbons (Fsp3) is 0.125. The summed E-state index contributed by atoms with van der Waals surface area (Å²) in [4.78, 5) is 24.3. The summed E-state index contributed by atoms with van der Waals surface area (Å²) in [5.41, 5.74) is 1.30. The molecule has 128 valence electrons. The molecule has 0 saturated carbocycles. The Bertz CT molecular complexity index is 962. The number of hydrogen-bond donors (Lipinski definition) is 0. The van der Waals surface area contributed by atoms with Crippen molar-refractivity contribution in [3.05, 3.63) is 68.7 Å². The zero-order valence-corrected chi connectivity index (χ0v) is 14.8. The third kappa shape index (κ3) is 3.45. The van der Waals surface area contributed by atoms with Crippen molar-refractivity contribution in [2.24, 2.45) is 0 Å². The number of aryl methyl sites for hydroxylation is 1. The number of nitro groups is 1. The molecule has 2 aromatic heterocycles. The van der Waals surface area contributed by atoms with Crippen molar-refractivity contribution in [2.45, 2.75) is 23.6 Å². The Hall–Kier alpha value is -2.58. The van der Waals surface area contributed by atoms with Crippen molar-refractivity contribution in [1.29, 1.82) is 0 Å². The van der Waals surface area contributed by atoms with Gasteiger partial charge in [0.25, 0.3) is 0 Å². The van der Waals surface area contributed by atoms with Gasteiger partial charge in [0.15, 0.2) is 0 Å². The van der Waals surface area contributed by atoms with Crippen LogP contribution < -0.4 is 0 Å². The van der Waals surface area contributed by atoms with E-state index >= 15 is 0 Å². The first-order valence-corrected chi connectivity index (χ1v) is 8.35. The fourth-order valence-corrected chi connectivity index (χ4v) is 3.30. The molecule has 7 nitrogen and oxygen atoms in total. The van der Waals surface area contributed by atoms with E-state index < -0.39 is 16.7 Å². The Morgan fingerprint density at radius 1 is 1.24 bits per heavy atom. The maximum atomic E-state index is 12.5. The zero-order valence-electron chi connectivity index (χ0n) is 13.2. The molecule has 1 aromatic carbocycles. The van der Waals surface area contributed by atoms with Crippen LogP contribution in [0.5, 0.6) is 0 Å². The quantitative estimate of drug-likeness (QED) is 0.491. The van der Waals surface area contributed by atoms with Crippen LogP contribution in [0, 0.1) is 24.0 Å². The zero-order chi connectivity index (χ0) is 18.1. The summed E-state index contributed by atoms with van der Waals surface area (Å²) < 4.78 is 6.16. The Kier molecular flexibility index (Phi) is 4.65. The topological polar surface area (TPSA) is 91.2 Å². The molecule has 0 aliphatic carbocycles. The van der Waals surface area contributed by atoms with E-state index in [1.54, 1.807) is 26.0 Å². The van der Waals surface area contributed by atoms with Gasteiger partial charge in [-0.2, -0.15) is 9.78 Å². The second kappa shape index (κ2) is 6.73. The van der Waals surface area contributed by atoms with Crippen molar-refractivity contribution in [2.75, 3.05) is 0 Å². The summed E-state index contributed by atoms with van der Waals surface area (Å²) in [6.45, 7) is 3.55. The van der Waals surface area contributed by atoms with Gasteiger partial charge in [-0.15, -0.1) is 0 Å². The molecule has 0 fully saturated rings. The largest absolute Gasteiger partial charge is 0.433 e. The van der Waals surface area contributed by atoms with E-state index in [0.717, 1.165) is 15.9 Å². The third-order valence-corrected chi connectivity index (χ3v) is 4.99. The van der Waals surface area contributed by atoms with Gasteiger partial charge in [-0.1, -0.05) is 23.4 Å². The number of benzene rings is 1. The van der Waals surface area contributed by atoms with Crippen LogP contribution in [0.2, 0.25) is 5.02 Å². The van der Waals surface area contributed by atoms with E-state index in [0.29, 0.717) is 16.4 Å². The number of rotatable bonds is 4. The maximum absolute atomic E-state index is 12.5. The predicted octanol–water partition coefficient (Wildman–Crippen LogP) is 4.49. The summed E-state index contributed by atoms with van der Waals surface area (Å²) in [6.07, 6.45) is 0. The summed E-state index contributed by atoms with van der Waals surface area (Å²) >= 11 is 7.35. The number of halogens is 1. The molecule has 0 unspecified atom stereocenters. The van der Waals surface area contributed by atoms with Crippen LogP contribution in [0.3, 0.4) is 0 Å². The van der Waals surface area contributed by atoms with Crippen molar-refractivity contribution < 1.29 is 14.1 Å². The molecule has 25 heavy (non-hydrogen) atoms. The average Bonchev–Trinajstić information content (AvgIpc) is 3.17. The second-order valence-corrected chi connectivity index (χ2v) is 6.69. The van der Waals surface area contributed by atoms with Gasteiger partial charge < -0.3 is 4.42 Å². The van der Waals surface area contributed by atoms with E-state index in [9.17, 15) is 14.9 Å². The molecule has 0 saturated heterocycles. The number of hydrogen-bond acceptors (Lipinski definition) is 6. The molecule has 0 aliphatic heterocycles. The molecule has 2 heterocycles. The van der Waals surface area contributed by atoms with E-state index in [1.807, 2.05) is 12.1 Å². The highest BCUT2D eigenvalue weighted by Crippen LogP contribution is 2.33. The van der Waals surface area contributed by atoms with Crippen molar-refractivity contribution in [3.63, 3.8) is 0 Å². The Balaban J connectivity index is 1.91. The van der Waals surface area contributed by atoms with E-state index in [4.69, 9.17) is 16.0 Å². The molecular weight excluding hydrogens is 366 g/mol. The number of furan rings is 1. The lowest BCUT2D eigenvalue weighted by Crippen LogP contribution is -2.14. The molecular formula is C16H12ClN3O4S. The minimum Gasteiger partial charge on any atom is -0.395 e. The molecule has 0 bridgehead atoms. The van der Waals surface area contributed by atoms with E-state index in [-0.39, 0.29) is 5.76 Å². The van der Waals surface area contributed by atoms with Crippen LogP contribution in [-0.4, -0.2) is 20.6 Å². The number of nitrogens with zero attached hydrogens (tertiary/aromatic N) is 3. The minimum absolute atomic E-state index is 0.139. The van der Waals surface area contributed by atoms with Gasteiger partial charge in [-0.3, -0.25) is 14.9 Å². The van der Waals surface area contributed by atoms with Gasteiger partial charge in [0.05, 0.1) is 22.3 Å². The van der Waals surface area contributed by atoms with Gasteiger partial charge in [-0.25, -0.2) is 0 Å². The highest BCUT2D eigenvalue weighted by molar-refractivity contribution is 7.99. The van der Waals surface area contributed by atoms with Crippen molar-refractivity contribution in [3.8, 4) is 0 Å². The highest BCUT2D eigenvalue weighted by atomic mass is 35.5. The molecule has 0 radical (unpaired) electrons. The van der Waals surface area contributed by atoms with Gasteiger partial charge in [-0.05, 0) is 44.2 Å². The van der Waals surface area contributed by atoms with E-state index in [1.165, 1.54) is 22.5 Å². The Morgan fingerprint density at radius 3 is 2.52 bits per heavy atom. The van der Waals surface area contributed by atoms with E-state index in [2.05, 4.69) is 5.10 Å². The van der Waals surface area contributed by atoms with Crippen LogP contribution >= 0.6 is 23.4 Å². The van der Waals surface area contributed by atoms with Gasteiger partial charge in [0.2, 0.25) is 5.76 Å². The molecule has 0 spiro atoms. The van der Waals surface area contributed by atoms with Crippen molar-refractivity contribution >= 4 is 35.2 Å². The lowest BCUT2D eigenvalue weighted by Gasteiger charge is -2.03. The lowest BCUT2D eigenvalue weighted by atomic mass is 10.3. The van der Waals surface area contributed by atoms with Crippen LogP contribution in [0.25, 0.3) is 0 Å². The Labute approximate surface area is 151 Å². The summed E-state index contributed by atoms with van der Waals surface area (Å²) in [7, 11) is 0. The fourth-order valence-electron chi connectivity index (χ4n) is 2.24. The van der Waals surface area contributed by atoms with Gasteiger partial charge in [0.1, 0.15) is 4.92 Å². The summed E-state index contributed by atoms with van der Waals surface area (Å²) in [6, 6.07) is 9.73. The highest BCUT2D eigenvalue weighted by Gasteiger charge is 2.23. The third-order valence-electron chi connectivity index (χ3n) is 3.43. The first-order chi connectivity index (χ1) is 11.9. The number of carbonyl (C=O) groups excluding carboxylic acids is 1. The molecule has 9 heteroatoms. The normalized spacial score (nSPS) is 10.8. The molecule has 0 atom stereocenters. The summed E-state index contributed by atoms with van der Waals surface area (Å²) in [5, 5.41) is 15.6. The van der Waals surface area contributed by atoms with Gasteiger partial charge >= 0.3 is 11.8 Å². The molecule has 0 N–H and O–H groups in total. The minimum atomic E-state index is -0.695. The monoisotopic (exact) mass is 377 g/mol. The van der Waals surface area contributed by atoms with Crippen LogP contribution in [-0.2, 0) is 0 Å². The Morgan fingerprint density at radius 2 is 1.92 bits per heavy atom. The molecule has 0 aliphatic rings. The average molecular weight is 378 g/mol.